The molecule has 7 heteroatoms. The van der Waals surface area contributed by atoms with E-state index in [1.807, 2.05) is 19.1 Å². The Kier molecular flexibility index (Phi) is 5.08. The van der Waals surface area contributed by atoms with E-state index in [4.69, 9.17) is 9.15 Å². The van der Waals surface area contributed by atoms with Crippen molar-refractivity contribution in [2.75, 3.05) is 6.61 Å². The fourth-order valence-electron chi connectivity index (χ4n) is 3.13. The summed E-state index contributed by atoms with van der Waals surface area (Å²) < 4.78 is 27.2. The molecule has 1 fully saturated rings. The molecule has 4 rings (SSSR count). The lowest BCUT2D eigenvalue weighted by Gasteiger charge is -2.14. The molecule has 1 unspecified atom stereocenters. The van der Waals surface area contributed by atoms with Gasteiger partial charge in [-0.1, -0.05) is 30.0 Å². The number of aromatic nitrogens is 3. The first-order chi connectivity index (χ1) is 12.7. The van der Waals surface area contributed by atoms with Crippen LogP contribution in [0.15, 0.2) is 46.2 Å². The molecule has 0 amide bonds. The van der Waals surface area contributed by atoms with E-state index in [2.05, 4.69) is 14.8 Å². The van der Waals surface area contributed by atoms with Crippen molar-refractivity contribution in [2.45, 2.75) is 43.3 Å². The number of furan rings is 1. The van der Waals surface area contributed by atoms with Crippen LogP contribution in [-0.4, -0.2) is 27.5 Å². The second-order valence-electron chi connectivity index (χ2n) is 6.32. The summed E-state index contributed by atoms with van der Waals surface area (Å²) in [5, 5.41) is 9.50. The Bertz CT molecular complexity index is 887. The number of hydrogen-bond donors (Lipinski definition) is 0. The number of thioether (sulfide) groups is 1. The lowest BCUT2D eigenvalue weighted by atomic mass is 10.2. The molecule has 1 aromatic carbocycles. The second kappa shape index (κ2) is 7.63. The quantitative estimate of drug-likeness (QED) is 0.597. The van der Waals surface area contributed by atoms with Crippen LogP contribution in [0.4, 0.5) is 4.39 Å². The molecule has 1 saturated heterocycles. The molecule has 2 aromatic heterocycles. The molecule has 0 bridgehead atoms. The standard InChI is InChI=1S/C19H20FN3O2S/c1-13-16(8-10-24-13)18-21-22-19(23(18)11-15-6-4-9-25-15)26-12-14-5-2-3-7-17(14)20/h2-3,5,7-8,10,15H,4,6,9,11-12H2,1H3. The first-order valence-electron chi connectivity index (χ1n) is 8.68. The molecular weight excluding hydrogens is 353 g/mol. The topological polar surface area (TPSA) is 53.1 Å². The van der Waals surface area contributed by atoms with Crippen LogP contribution in [0, 0.1) is 12.7 Å². The highest BCUT2D eigenvalue weighted by atomic mass is 32.2. The summed E-state index contributed by atoms with van der Waals surface area (Å²) in [6, 6.07) is 8.72. The molecule has 5 nitrogen and oxygen atoms in total. The Morgan fingerprint density at radius 3 is 2.88 bits per heavy atom. The van der Waals surface area contributed by atoms with Crippen LogP contribution < -0.4 is 0 Å². The van der Waals surface area contributed by atoms with Crippen LogP contribution in [0.25, 0.3) is 11.4 Å². The van der Waals surface area contributed by atoms with E-state index in [1.54, 1.807) is 18.4 Å². The summed E-state index contributed by atoms with van der Waals surface area (Å²) in [5.74, 6) is 1.87. The zero-order chi connectivity index (χ0) is 17.9. The van der Waals surface area contributed by atoms with Crippen LogP contribution >= 0.6 is 11.8 Å². The van der Waals surface area contributed by atoms with Gasteiger partial charge in [0.1, 0.15) is 11.6 Å². The number of aryl methyl sites for hydroxylation is 1. The van der Waals surface area contributed by atoms with E-state index in [0.29, 0.717) is 17.9 Å². The maximum Gasteiger partial charge on any atom is 0.191 e. The minimum Gasteiger partial charge on any atom is -0.469 e. The fourth-order valence-corrected chi connectivity index (χ4v) is 4.06. The fraction of sp³-hybridized carbons (Fsp3) is 0.368. The minimum absolute atomic E-state index is 0.157. The number of rotatable bonds is 6. The maximum absolute atomic E-state index is 13.9. The molecule has 0 aliphatic carbocycles. The molecule has 3 aromatic rings. The summed E-state index contributed by atoms with van der Waals surface area (Å²) >= 11 is 1.48. The molecule has 0 N–H and O–H groups in total. The Hall–Kier alpha value is -2.12. The SMILES string of the molecule is Cc1occc1-c1nnc(SCc2ccccc2F)n1CC1CCCO1. The first-order valence-corrected chi connectivity index (χ1v) is 9.66. The molecule has 0 spiro atoms. The van der Waals surface area contributed by atoms with E-state index in [-0.39, 0.29) is 11.9 Å². The van der Waals surface area contributed by atoms with Gasteiger partial charge >= 0.3 is 0 Å². The first kappa shape index (κ1) is 17.3. The lowest BCUT2D eigenvalue weighted by Crippen LogP contribution is -2.16. The van der Waals surface area contributed by atoms with Crippen molar-refractivity contribution in [3.05, 3.63) is 53.7 Å². The van der Waals surface area contributed by atoms with Crippen LogP contribution in [0.1, 0.15) is 24.2 Å². The number of benzene rings is 1. The molecule has 26 heavy (non-hydrogen) atoms. The maximum atomic E-state index is 13.9. The van der Waals surface area contributed by atoms with Gasteiger partial charge in [0.2, 0.25) is 0 Å². The number of hydrogen-bond acceptors (Lipinski definition) is 5. The van der Waals surface area contributed by atoms with Gasteiger partial charge in [-0.3, -0.25) is 4.57 Å². The van der Waals surface area contributed by atoms with Gasteiger partial charge in [0.05, 0.1) is 24.5 Å². The monoisotopic (exact) mass is 373 g/mol. The summed E-state index contributed by atoms with van der Waals surface area (Å²) in [6.07, 6.45) is 3.91. The van der Waals surface area contributed by atoms with Crippen LogP contribution in [0.3, 0.4) is 0 Å². The lowest BCUT2D eigenvalue weighted by molar-refractivity contribution is 0.0953. The Morgan fingerprint density at radius 2 is 2.15 bits per heavy atom. The summed E-state index contributed by atoms with van der Waals surface area (Å²) in [6.45, 7) is 3.39. The van der Waals surface area contributed by atoms with Crippen LogP contribution in [0.5, 0.6) is 0 Å². The molecule has 136 valence electrons. The average Bonchev–Trinajstić information content (AvgIpc) is 3.37. The van der Waals surface area contributed by atoms with Gasteiger partial charge in [0, 0.05) is 12.4 Å². The van der Waals surface area contributed by atoms with Gasteiger partial charge in [0.25, 0.3) is 0 Å². The zero-order valence-corrected chi connectivity index (χ0v) is 15.3. The van der Waals surface area contributed by atoms with Crippen molar-refractivity contribution in [3.63, 3.8) is 0 Å². The highest BCUT2D eigenvalue weighted by Gasteiger charge is 2.23. The molecule has 0 radical (unpaired) electrons. The highest BCUT2D eigenvalue weighted by Crippen LogP contribution is 2.30. The Labute approximate surface area is 155 Å². The van der Waals surface area contributed by atoms with Gasteiger partial charge in [-0.2, -0.15) is 0 Å². The van der Waals surface area contributed by atoms with Crippen molar-refractivity contribution in [3.8, 4) is 11.4 Å². The molecule has 3 heterocycles. The molecule has 1 atom stereocenters. The minimum atomic E-state index is -0.198. The Morgan fingerprint density at radius 1 is 1.27 bits per heavy atom. The van der Waals surface area contributed by atoms with E-state index >= 15 is 0 Å². The Balaban J connectivity index is 1.62. The van der Waals surface area contributed by atoms with Crippen molar-refractivity contribution in [1.82, 2.24) is 14.8 Å². The third kappa shape index (κ3) is 3.54. The third-order valence-corrected chi connectivity index (χ3v) is 5.56. The van der Waals surface area contributed by atoms with Gasteiger partial charge in [-0.15, -0.1) is 10.2 Å². The zero-order valence-electron chi connectivity index (χ0n) is 14.5. The summed E-state index contributed by atoms with van der Waals surface area (Å²) in [4.78, 5) is 0. The summed E-state index contributed by atoms with van der Waals surface area (Å²) in [7, 11) is 0. The van der Waals surface area contributed by atoms with Gasteiger partial charge in [0.15, 0.2) is 11.0 Å². The second-order valence-corrected chi connectivity index (χ2v) is 7.26. The smallest absolute Gasteiger partial charge is 0.191 e. The van der Waals surface area contributed by atoms with Gasteiger partial charge < -0.3 is 9.15 Å². The van der Waals surface area contributed by atoms with Crippen molar-refractivity contribution in [2.24, 2.45) is 0 Å². The average molecular weight is 373 g/mol. The normalized spacial score (nSPS) is 17.1. The van der Waals surface area contributed by atoms with Crippen molar-refractivity contribution < 1.29 is 13.5 Å². The molecular formula is C19H20FN3O2S. The largest absolute Gasteiger partial charge is 0.469 e. The number of nitrogens with zero attached hydrogens (tertiary/aromatic N) is 3. The number of ether oxygens (including phenoxy) is 1. The molecule has 1 aliphatic rings. The van der Waals surface area contributed by atoms with Gasteiger partial charge in [-0.05, 0) is 37.5 Å². The predicted octanol–water partition coefficient (Wildman–Crippen LogP) is 4.46. The van der Waals surface area contributed by atoms with Gasteiger partial charge in [-0.25, -0.2) is 4.39 Å². The van der Waals surface area contributed by atoms with E-state index in [9.17, 15) is 4.39 Å². The third-order valence-electron chi connectivity index (χ3n) is 4.54. The molecule has 1 aliphatic heterocycles. The molecule has 0 saturated carbocycles. The predicted molar refractivity (Wildman–Crippen MR) is 97.4 cm³/mol. The number of halogens is 1. The van der Waals surface area contributed by atoms with E-state index in [0.717, 1.165) is 41.8 Å². The van der Waals surface area contributed by atoms with E-state index < -0.39 is 0 Å². The highest BCUT2D eigenvalue weighted by molar-refractivity contribution is 7.98. The van der Waals surface area contributed by atoms with E-state index in [1.165, 1.54) is 17.8 Å². The van der Waals surface area contributed by atoms with Crippen molar-refractivity contribution in [1.29, 1.82) is 0 Å². The van der Waals surface area contributed by atoms with Crippen LogP contribution in [0.2, 0.25) is 0 Å². The van der Waals surface area contributed by atoms with Crippen LogP contribution in [-0.2, 0) is 17.0 Å². The summed E-state index contributed by atoms with van der Waals surface area (Å²) in [5.41, 5.74) is 1.58. The van der Waals surface area contributed by atoms with Crippen molar-refractivity contribution >= 4 is 11.8 Å².